The summed E-state index contributed by atoms with van der Waals surface area (Å²) in [6, 6.07) is 5.43. The van der Waals surface area contributed by atoms with Crippen molar-refractivity contribution in [3.05, 3.63) is 23.8 Å². The largest absolute Gasteiger partial charge is 0.465 e. The summed E-state index contributed by atoms with van der Waals surface area (Å²) in [5.41, 5.74) is 7.45. The zero-order valence-corrected chi connectivity index (χ0v) is 10.4. The third-order valence-electron chi connectivity index (χ3n) is 3.36. The van der Waals surface area contributed by atoms with Crippen LogP contribution in [0.1, 0.15) is 23.2 Å². The fourth-order valence-corrected chi connectivity index (χ4v) is 2.38. The Morgan fingerprint density at radius 2 is 2.39 bits per heavy atom. The maximum absolute atomic E-state index is 11.6. The van der Waals surface area contributed by atoms with Gasteiger partial charge in [0.05, 0.1) is 25.3 Å². The number of nitrogens with two attached hydrogens (primary N) is 1. The van der Waals surface area contributed by atoms with Crippen LogP contribution in [0.3, 0.4) is 0 Å². The number of aliphatic hydroxyl groups excluding tert-OH is 1. The molecule has 1 aromatic rings. The number of aliphatic hydroxyl groups is 1. The zero-order chi connectivity index (χ0) is 13.1. The Bertz CT molecular complexity index is 448. The Hall–Kier alpha value is -1.75. The van der Waals surface area contributed by atoms with Crippen LogP contribution >= 0.6 is 0 Å². The highest BCUT2D eigenvalue weighted by atomic mass is 16.5. The van der Waals surface area contributed by atoms with Gasteiger partial charge in [0.2, 0.25) is 0 Å². The van der Waals surface area contributed by atoms with Crippen molar-refractivity contribution in [3.63, 3.8) is 0 Å². The summed E-state index contributed by atoms with van der Waals surface area (Å²) >= 11 is 0. The summed E-state index contributed by atoms with van der Waals surface area (Å²) in [6.07, 6.45) is 2.01. The molecule has 0 saturated carbocycles. The molecule has 1 atom stereocenters. The van der Waals surface area contributed by atoms with Gasteiger partial charge in [0.25, 0.3) is 0 Å². The first kappa shape index (κ1) is 12.7. The first-order valence-corrected chi connectivity index (χ1v) is 6.02. The number of hydrogen-bond donors (Lipinski definition) is 2. The van der Waals surface area contributed by atoms with Crippen LogP contribution in [0, 0.1) is 0 Å². The number of carbonyl (C=O) groups is 1. The van der Waals surface area contributed by atoms with Gasteiger partial charge in [-0.15, -0.1) is 0 Å². The SMILES string of the molecule is COC(=O)c1cc(N2CCCC2CO)ccc1N. The van der Waals surface area contributed by atoms with E-state index in [-0.39, 0.29) is 12.6 Å². The molecular weight excluding hydrogens is 232 g/mol. The standard InChI is InChI=1S/C13H18N2O3/c1-18-13(17)11-7-9(4-5-12(11)14)15-6-2-3-10(15)8-16/h4-5,7,10,16H,2-3,6,8,14H2,1H3. The van der Waals surface area contributed by atoms with Crippen LogP contribution < -0.4 is 10.6 Å². The molecule has 1 unspecified atom stereocenters. The number of nitrogens with zero attached hydrogens (tertiary/aromatic N) is 1. The van der Waals surface area contributed by atoms with Crippen LogP contribution in [-0.2, 0) is 4.74 Å². The van der Waals surface area contributed by atoms with Gasteiger partial charge in [-0.05, 0) is 31.0 Å². The zero-order valence-electron chi connectivity index (χ0n) is 10.4. The molecule has 0 aromatic heterocycles. The molecule has 98 valence electrons. The highest BCUT2D eigenvalue weighted by Crippen LogP contribution is 2.28. The van der Waals surface area contributed by atoms with E-state index in [2.05, 4.69) is 4.90 Å². The van der Waals surface area contributed by atoms with Gasteiger partial charge in [-0.25, -0.2) is 4.79 Å². The molecule has 1 aromatic carbocycles. The number of methoxy groups -OCH3 is 1. The van der Waals surface area contributed by atoms with Crippen LogP contribution in [0.25, 0.3) is 0 Å². The van der Waals surface area contributed by atoms with Crippen LogP contribution in [0.15, 0.2) is 18.2 Å². The maximum atomic E-state index is 11.6. The van der Waals surface area contributed by atoms with Crippen molar-refractivity contribution in [1.82, 2.24) is 0 Å². The molecule has 0 aliphatic carbocycles. The van der Waals surface area contributed by atoms with Gasteiger partial charge in [0.1, 0.15) is 0 Å². The molecule has 1 heterocycles. The summed E-state index contributed by atoms with van der Waals surface area (Å²) < 4.78 is 4.70. The van der Waals surface area contributed by atoms with Gasteiger partial charge in [0.15, 0.2) is 0 Å². The van der Waals surface area contributed by atoms with E-state index in [9.17, 15) is 9.90 Å². The summed E-state index contributed by atoms with van der Waals surface area (Å²) in [7, 11) is 1.33. The number of esters is 1. The predicted molar refractivity (Wildman–Crippen MR) is 69.6 cm³/mol. The molecule has 1 aliphatic heterocycles. The number of carbonyl (C=O) groups excluding carboxylic acids is 1. The maximum Gasteiger partial charge on any atom is 0.340 e. The second kappa shape index (κ2) is 5.27. The number of benzene rings is 1. The fourth-order valence-electron chi connectivity index (χ4n) is 2.38. The molecule has 5 heteroatoms. The van der Waals surface area contributed by atoms with Crippen molar-refractivity contribution in [2.24, 2.45) is 0 Å². The van der Waals surface area contributed by atoms with Crippen molar-refractivity contribution in [3.8, 4) is 0 Å². The monoisotopic (exact) mass is 250 g/mol. The Kier molecular flexibility index (Phi) is 3.72. The normalized spacial score (nSPS) is 19.0. The second-order valence-electron chi connectivity index (χ2n) is 4.44. The van der Waals surface area contributed by atoms with Crippen molar-refractivity contribution in [2.45, 2.75) is 18.9 Å². The van der Waals surface area contributed by atoms with Crippen LogP contribution in [0.5, 0.6) is 0 Å². The number of hydrogen-bond acceptors (Lipinski definition) is 5. The molecule has 0 radical (unpaired) electrons. The van der Waals surface area contributed by atoms with Crippen LogP contribution in [0.2, 0.25) is 0 Å². The molecule has 5 nitrogen and oxygen atoms in total. The van der Waals surface area contributed by atoms with E-state index in [1.165, 1.54) is 7.11 Å². The Labute approximate surface area is 106 Å². The molecule has 2 rings (SSSR count). The molecular formula is C13H18N2O3. The van der Waals surface area contributed by atoms with E-state index in [0.717, 1.165) is 25.1 Å². The molecule has 0 bridgehead atoms. The Balaban J connectivity index is 2.32. The summed E-state index contributed by atoms with van der Waals surface area (Å²) in [5, 5.41) is 9.32. The third-order valence-corrected chi connectivity index (χ3v) is 3.36. The van der Waals surface area contributed by atoms with Gasteiger partial charge >= 0.3 is 5.97 Å². The average Bonchev–Trinajstić information content (AvgIpc) is 2.86. The number of rotatable bonds is 3. The van der Waals surface area contributed by atoms with E-state index in [1.54, 1.807) is 12.1 Å². The van der Waals surface area contributed by atoms with Gasteiger partial charge < -0.3 is 20.5 Å². The molecule has 1 aliphatic rings. The topological polar surface area (TPSA) is 75.8 Å². The van der Waals surface area contributed by atoms with E-state index < -0.39 is 5.97 Å². The first-order chi connectivity index (χ1) is 8.67. The minimum absolute atomic E-state index is 0.123. The lowest BCUT2D eigenvalue weighted by molar-refractivity contribution is 0.0602. The molecule has 1 fully saturated rings. The molecule has 18 heavy (non-hydrogen) atoms. The highest BCUT2D eigenvalue weighted by Gasteiger charge is 2.25. The summed E-state index contributed by atoms with van der Waals surface area (Å²) in [6.45, 7) is 1.01. The minimum atomic E-state index is -0.436. The summed E-state index contributed by atoms with van der Waals surface area (Å²) in [4.78, 5) is 13.7. The second-order valence-corrected chi connectivity index (χ2v) is 4.44. The van der Waals surface area contributed by atoms with Crippen molar-refractivity contribution in [2.75, 3.05) is 30.9 Å². The smallest absolute Gasteiger partial charge is 0.340 e. The van der Waals surface area contributed by atoms with Crippen molar-refractivity contribution >= 4 is 17.3 Å². The predicted octanol–water partition coefficient (Wildman–Crippen LogP) is 1.02. The van der Waals surface area contributed by atoms with E-state index in [1.807, 2.05) is 6.07 Å². The quantitative estimate of drug-likeness (QED) is 0.618. The number of ether oxygens (including phenoxy) is 1. The van der Waals surface area contributed by atoms with Crippen molar-refractivity contribution in [1.29, 1.82) is 0 Å². The molecule has 0 amide bonds. The fraction of sp³-hybridized carbons (Fsp3) is 0.462. The summed E-state index contributed by atoms with van der Waals surface area (Å²) in [5.74, 6) is -0.436. The van der Waals surface area contributed by atoms with Crippen molar-refractivity contribution < 1.29 is 14.6 Å². The highest BCUT2D eigenvalue weighted by molar-refractivity contribution is 5.96. The van der Waals surface area contributed by atoms with Crippen LogP contribution in [-0.4, -0.2) is 37.4 Å². The van der Waals surface area contributed by atoms with Crippen LogP contribution in [0.4, 0.5) is 11.4 Å². The first-order valence-electron chi connectivity index (χ1n) is 6.02. The van der Waals surface area contributed by atoms with Gasteiger partial charge in [0, 0.05) is 17.9 Å². The lowest BCUT2D eigenvalue weighted by Gasteiger charge is -2.25. The number of nitrogen functional groups attached to an aromatic ring is 1. The average molecular weight is 250 g/mol. The minimum Gasteiger partial charge on any atom is -0.465 e. The lowest BCUT2D eigenvalue weighted by atomic mass is 10.1. The van der Waals surface area contributed by atoms with Gasteiger partial charge in [-0.1, -0.05) is 0 Å². The Morgan fingerprint density at radius 1 is 1.61 bits per heavy atom. The van der Waals surface area contributed by atoms with E-state index >= 15 is 0 Å². The van der Waals surface area contributed by atoms with Gasteiger partial charge in [-0.3, -0.25) is 0 Å². The number of anilines is 2. The molecule has 1 saturated heterocycles. The van der Waals surface area contributed by atoms with E-state index in [0.29, 0.717) is 11.3 Å². The lowest BCUT2D eigenvalue weighted by Crippen LogP contribution is -2.32. The molecule has 3 N–H and O–H groups in total. The van der Waals surface area contributed by atoms with Gasteiger partial charge in [-0.2, -0.15) is 0 Å². The third kappa shape index (κ3) is 2.26. The van der Waals surface area contributed by atoms with E-state index in [4.69, 9.17) is 10.5 Å². The molecule has 0 spiro atoms. The Morgan fingerprint density at radius 3 is 3.06 bits per heavy atom.